The fourth-order valence-corrected chi connectivity index (χ4v) is 3.04. The van der Waals surface area contributed by atoms with E-state index >= 15 is 0 Å². The number of aromatic nitrogens is 2. The summed E-state index contributed by atoms with van der Waals surface area (Å²) in [7, 11) is 3.62. The van der Waals surface area contributed by atoms with Crippen molar-refractivity contribution in [3.05, 3.63) is 24.0 Å². The molecule has 0 atom stereocenters. The molecule has 1 aliphatic heterocycles. The molecule has 1 aromatic carbocycles. The number of ether oxygens (including phenoxy) is 1. The number of nitrogens with zero attached hydrogens (tertiary/aromatic N) is 3. The van der Waals surface area contributed by atoms with Crippen LogP contribution in [-0.4, -0.2) is 29.5 Å². The van der Waals surface area contributed by atoms with Crippen LogP contribution in [0.4, 0.5) is 11.4 Å². The normalized spacial score (nSPS) is 13.9. The number of anilines is 2. The minimum Gasteiger partial charge on any atom is -0.495 e. The van der Waals surface area contributed by atoms with Crippen LogP contribution in [0.2, 0.25) is 0 Å². The largest absolute Gasteiger partial charge is 0.495 e. The molecule has 1 aromatic heterocycles. The molecule has 0 amide bonds. The number of nitrogen functional groups attached to an aromatic ring is 1. The second-order valence-corrected chi connectivity index (χ2v) is 5.81. The maximum Gasteiger partial charge on any atom is 0.143 e. The molecule has 0 spiro atoms. The van der Waals surface area contributed by atoms with Gasteiger partial charge in [0.2, 0.25) is 0 Å². The summed E-state index contributed by atoms with van der Waals surface area (Å²) in [5.41, 5.74) is 11.4. The standard InChI is InChI=1S/C16H22N4O/c1-10(2)20-6-5-14-12(9-19(3)18-14)11-7-13(17)16(21-4)8-15(11)20/h7-10H,5-6,17H2,1-4H3. The van der Waals surface area contributed by atoms with E-state index in [2.05, 4.69) is 30.0 Å². The van der Waals surface area contributed by atoms with Gasteiger partial charge in [0, 0.05) is 55.1 Å². The number of methoxy groups -OCH3 is 1. The zero-order valence-electron chi connectivity index (χ0n) is 13.1. The molecule has 21 heavy (non-hydrogen) atoms. The summed E-state index contributed by atoms with van der Waals surface area (Å²) in [4.78, 5) is 2.39. The molecular weight excluding hydrogens is 264 g/mol. The van der Waals surface area contributed by atoms with Crippen LogP contribution in [0, 0.1) is 0 Å². The molecule has 0 saturated carbocycles. The molecule has 2 heterocycles. The smallest absolute Gasteiger partial charge is 0.143 e. The zero-order chi connectivity index (χ0) is 15.1. The van der Waals surface area contributed by atoms with Crippen LogP contribution >= 0.6 is 0 Å². The van der Waals surface area contributed by atoms with Gasteiger partial charge in [-0.15, -0.1) is 0 Å². The number of benzene rings is 1. The van der Waals surface area contributed by atoms with Crippen LogP contribution in [0.3, 0.4) is 0 Å². The second kappa shape index (κ2) is 4.98. The summed E-state index contributed by atoms with van der Waals surface area (Å²) in [6.45, 7) is 5.35. The Hall–Kier alpha value is -2.17. The fourth-order valence-electron chi connectivity index (χ4n) is 3.04. The predicted octanol–water partition coefficient (Wildman–Crippen LogP) is 2.45. The monoisotopic (exact) mass is 286 g/mol. The SMILES string of the molecule is COc1cc2c(cc1N)-c1cn(C)nc1CCN2C(C)C. The second-order valence-electron chi connectivity index (χ2n) is 5.81. The van der Waals surface area contributed by atoms with Crippen LogP contribution in [-0.2, 0) is 13.5 Å². The Morgan fingerprint density at radius 1 is 1.29 bits per heavy atom. The topological polar surface area (TPSA) is 56.3 Å². The first-order valence-electron chi connectivity index (χ1n) is 7.28. The van der Waals surface area contributed by atoms with Crippen molar-refractivity contribution in [1.82, 2.24) is 9.78 Å². The molecular formula is C16H22N4O. The number of nitrogens with two attached hydrogens (primary N) is 1. The van der Waals surface area contributed by atoms with Gasteiger partial charge in [-0.3, -0.25) is 4.68 Å². The van der Waals surface area contributed by atoms with Gasteiger partial charge >= 0.3 is 0 Å². The van der Waals surface area contributed by atoms with Crippen molar-refractivity contribution in [3.63, 3.8) is 0 Å². The highest BCUT2D eigenvalue weighted by atomic mass is 16.5. The van der Waals surface area contributed by atoms with Gasteiger partial charge in [-0.2, -0.15) is 5.10 Å². The first-order valence-corrected chi connectivity index (χ1v) is 7.28. The van der Waals surface area contributed by atoms with Crippen LogP contribution in [0.25, 0.3) is 11.1 Å². The maximum absolute atomic E-state index is 6.12. The van der Waals surface area contributed by atoms with E-state index < -0.39 is 0 Å². The van der Waals surface area contributed by atoms with Crippen molar-refractivity contribution >= 4 is 11.4 Å². The van der Waals surface area contributed by atoms with Crippen molar-refractivity contribution in [1.29, 1.82) is 0 Å². The van der Waals surface area contributed by atoms with Crippen molar-refractivity contribution in [2.24, 2.45) is 7.05 Å². The third-order valence-electron chi connectivity index (χ3n) is 4.07. The number of hydrogen-bond donors (Lipinski definition) is 1. The summed E-state index contributed by atoms with van der Waals surface area (Å²) < 4.78 is 7.28. The summed E-state index contributed by atoms with van der Waals surface area (Å²) in [6.07, 6.45) is 3.01. The quantitative estimate of drug-likeness (QED) is 0.862. The molecule has 0 fully saturated rings. The molecule has 3 rings (SSSR count). The van der Waals surface area contributed by atoms with Gasteiger partial charge in [0.25, 0.3) is 0 Å². The van der Waals surface area contributed by atoms with Gasteiger partial charge in [-0.05, 0) is 19.9 Å². The molecule has 0 aliphatic carbocycles. The Morgan fingerprint density at radius 2 is 2.05 bits per heavy atom. The minimum absolute atomic E-state index is 0.412. The summed E-state index contributed by atoms with van der Waals surface area (Å²) in [5, 5.41) is 4.59. The maximum atomic E-state index is 6.12. The average molecular weight is 286 g/mol. The summed E-state index contributed by atoms with van der Waals surface area (Å²) in [6, 6.07) is 4.47. The molecule has 5 nitrogen and oxygen atoms in total. The third kappa shape index (κ3) is 2.22. The Morgan fingerprint density at radius 3 is 2.71 bits per heavy atom. The van der Waals surface area contributed by atoms with Crippen molar-refractivity contribution in [2.75, 3.05) is 24.3 Å². The number of hydrogen-bond acceptors (Lipinski definition) is 4. The lowest BCUT2D eigenvalue weighted by Gasteiger charge is -2.29. The van der Waals surface area contributed by atoms with E-state index in [1.165, 1.54) is 11.3 Å². The van der Waals surface area contributed by atoms with Crippen molar-refractivity contribution in [2.45, 2.75) is 26.3 Å². The third-order valence-corrected chi connectivity index (χ3v) is 4.07. The van der Waals surface area contributed by atoms with E-state index in [-0.39, 0.29) is 0 Å². The first kappa shape index (κ1) is 13.8. The van der Waals surface area contributed by atoms with Crippen LogP contribution in [0.15, 0.2) is 18.3 Å². The van der Waals surface area contributed by atoms with Crippen molar-refractivity contribution < 1.29 is 4.74 Å². The van der Waals surface area contributed by atoms with Gasteiger partial charge in [-0.1, -0.05) is 0 Å². The van der Waals surface area contributed by atoms with E-state index in [0.717, 1.165) is 30.0 Å². The van der Waals surface area contributed by atoms with Crippen LogP contribution < -0.4 is 15.4 Å². The molecule has 1 aliphatic rings. The van der Waals surface area contributed by atoms with Gasteiger partial charge in [0.1, 0.15) is 5.75 Å². The van der Waals surface area contributed by atoms with Crippen molar-refractivity contribution in [3.8, 4) is 16.9 Å². The Bertz CT molecular complexity index is 675. The van der Waals surface area contributed by atoms with E-state index in [1.807, 2.05) is 23.9 Å². The van der Waals surface area contributed by atoms with Crippen LogP contribution in [0.1, 0.15) is 19.5 Å². The van der Waals surface area contributed by atoms with E-state index in [9.17, 15) is 0 Å². The lowest BCUT2D eigenvalue weighted by Crippen LogP contribution is -2.32. The van der Waals surface area contributed by atoms with Gasteiger partial charge in [-0.25, -0.2) is 0 Å². The minimum atomic E-state index is 0.412. The average Bonchev–Trinajstić information content (AvgIpc) is 2.74. The molecule has 2 aromatic rings. The lowest BCUT2D eigenvalue weighted by atomic mass is 10.0. The molecule has 2 N–H and O–H groups in total. The number of fused-ring (bicyclic) bond motifs is 3. The Balaban J connectivity index is 2.26. The zero-order valence-corrected chi connectivity index (χ0v) is 13.1. The highest BCUT2D eigenvalue weighted by Crippen LogP contribution is 2.41. The molecule has 5 heteroatoms. The number of aryl methyl sites for hydroxylation is 1. The molecule has 0 radical (unpaired) electrons. The van der Waals surface area contributed by atoms with Gasteiger partial charge in [0.15, 0.2) is 0 Å². The fraction of sp³-hybridized carbons (Fsp3) is 0.438. The summed E-state index contributed by atoms with van der Waals surface area (Å²) >= 11 is 0. The van der Waals surface area contributed by atoms with Gasteiger partial charge < -0.3 is 15.4 Å². The molecule has 0 saturated heterocycles. The molecule has 112 valence electrons. The Labute approximate surface area is 125 Å². The molecule has 0 unspecified atom stereocenters. The predicted molar refractivity (Wildman–Crippen MR) is 85.8 cm³/mol. The van der Waals surface area contributed by atoms with E-state index in [0.29, 0.717) is 11.7 Å². The number of rotatable bonds is 2. The van der Waals surface area contributed by atoms with Crippen LogP contribution in [0.5, 0.6) is 5.75 Å². The lowest BCUT2D eigenvalue weighted by molar-refractivity contribution is 0.417. The molecule has 0 bridgehead atoms. The van der Waals surface area contributed by atoms with Gasteiger partial charge in [0.05, 0.1) is 18.5 Å². The first-order chi connectivity index (χ1) is 10.0. The van der Waals surface area contributed by atoms with E-state index in [1.54, 1.807) is 7.11 Å². The highest BCUT2D eigenvalue weighted by molar-refractivity contribution is 5.86. The Kier molecular flexibility index (Phi) is 3.27. The van der Waals surface area contributed by atoms with E-state index in [4.69, 9.17) is 10.5 Å². The highest BCUT2D eigenvalue weighted by Gasteiger charge is 2.25. The summed E-state index contributed by atoms with van der Waals surface area (Å²) in [5.74, 6) is 0.728.